The number of fused-ring (bicyclic) bond motifs is 4. The molecule has 0 bridgehead atoms. The molecule has 0 radical (unpaired) electrons. The maximum atomic E-state index is 14.7. The zero-order valence-electron chi connectivity index (χ0n) is 40.4. The predicted octanol–water partition coefficient (Wildman–Crippen LogP) is 16.7. The van der Waals surface area contributed by atoms with E-state index in [0.29, 0.717) is 39.9 Å². The fraction of sp³-hybridized carbons (Fsp3) is 0.213. The van der Waals surface area contributed by atoms with E-state index in [9.17, 15) is 8.78 Å². The van der Waals surface area contributed by atoms with Crippen molar-refractivity contribution >= 4 is 50.6 Å². The van der Waals surface area contributed by atoms with Gasteiger partial charge in [0.05, 0.1) is 5.56 Å². The standard InChI is InChI=1S/C61H54F2N4O.Pt/c1-37(2)40-30-52(38(3)4)60(53(31-40)39(5)6)42-28-46(65-36-66(57-21-15-14-20-56(57)65)54-18-12-10-16-49(54)41-26-44(62)33-45(63)27-41)34-48(29-42)68-47-22-23-51-50-17-11-13-19-55(50)67(58(51)35-47)59-32-43(24-25-64-59)61(7,8)9;/h10-33,37-39H,1-9H3;/q;+2. The molecule has 1 aliphatic heterocycles. The van der Waals surface area contributed by atoms with Crippen LogP contribution in [0.4, 0.5) is 31.5 Å². The fourth-order valence-corrected chi connectivity index (χ4v) is 9.47. The molecule has 0 unspecified atom stereocenters. The summed E-state index contributed by atoms with van der Waals surface area (Å²) in [5.74, 6) is 1.38. The van der Waals surface area contributed by atoms with Gasteiger partial charge in [0, 0.05) is 47.5 Å². The Labute approximate surface area is 418 Å². The third kappa shape index (κ3) is 8.91. The fourth-order valence-electron chi connectivity index (χ4n) is 9.47. The summed E-state index contributed by atoms with van der Waals surface area (Å²) >= 11 is 0. The van der Waals surface area contributed by atoms with Crippen LogP contribution in [0.1, 0.15) is 102 Å². The van der Waals surface area contributed by atoms with Gasteiger partial charge in [0.15, 0.2) is 0 Å². The molecule has 0 atom stereocenters. The Balaban J connectivity index is 0.00000593. The number of pyridine rings is 1. The molecule has 0 saturated heterocycles. The molecule has 5 nitrogen and oxygen atoms in total. The minimum absolute atomic E-state index is 0. The van der Waals surface area contributed by atoms with Crippen LogP contribution in [0.25, 0.3) is 49.9 Å². The maximum Gasteiger partial charge on any atom is 2.00 e. The van der Waals surface area contributed by atoms with Crippen LogP contribution >= 0.6 is 0 Å². The van der Waals surface area contributed by atoms with Gasteiger partial charge in [-0.1, -0.05) is 139 Å². The molecule has 10 rings (SSSR count). The average Bonchev–Trinajstić information content (AvgIpc) is 3.86. The Morgan fingerprint density at radius 1 is 0.609 bits per heavy atom. The Morgan fingerprint density at radius 2 is 1.25 bits per heavy atom. The minimum Gasteiger partial charge on any atom is -0.509 e. The largest absolute Gasteiger partial charge is 2.00 e. The van der Waals surface area contributed by atoms with Gasteiger partial charge < -0.3 is 9.30 Å². The van der Waals surface area contributed by atoms with Crippen LogP contribution in [0.5, 0.6) is 11.5 Å². The van der Waals surface area contributed by atoms with Crippen LogP contribution in [-0.2, 0) is 26.5 Å². The number of halogens is 2. The van der Waals surface area contributed by atoms with Crippen molar-refractivity contribution in [2.45, 2.75) is 85.5 Å². The summed E-state index contributed by atoms with van der Waals surface area (Å²) < 4.78 is 42.5. The van der Waals surface area contributed by atoms with Crippen LogP contribution in [0.3, 0.4) is 0 Å². The molecular weight excluding hydrogens is 1040 g/mol. The van der Waals surface area contributed by atoms with Crippen LogP contribution in [-0.4, -0.2) is 15.6 Å². The Hall–Kier alpha value is -6.78. The quantitative estimate of drug-likeness (QED) is 0.101. The summed E-state index contributed by atoms with van der Waals surface area (Å²) in [6.45, 7) is 20.2. The first-order chi connectivity index (χ1) is 32.6. The molecule has 69 heavy (non-hydrogen) atoms. The molecule has 0 spiro atoms. The number of benzene rings is 7. The van der Waals surface area contributed by atoms with Crippen LogP contribution in [0.2, 0.25) is 0 Å². The van der Waals surface area contributed by atoms with Crippen molar-refractivity contribution in [3.8, 4) is 39.6 Å². The van der Waals surface area contributed by atoms with Crippen molar-refractivity contribution in [1.82, 2.24) is 18.7 Å². The smallest absolute Gasteiger partial charge is 0.509 e. The van der Waals surface area contributed by atoms with E-state index >= 15 is 0 Å². The number of ether oxygens (including phenoxy) is 1. The maximum absolute atomic E-state index is 14.7. The number of rotatable bonds is 10. The van der Waals surface area contributed by atoms with Gasteiger partial charge in [0.25, 0.3) is 11.4 Å². The van der Waals surface area contributed by atoms with Crippen molar-refractivity contribution in [2.24, 2.45) is 0 Å². The molecule has 0 fully saturated rings. The first-order valence-corrected chi connectivity index (χ1v) is 23.5. The summed E-state index contributed by atoms with van der Waals surface area (Å²) in [6.07, 6.45) is 1.88. The van der Waals surface area contributed by atoms with E-state index < -0.39 is 11.6 Å². The number of nitrogens with zero attached hydrogens (tertiary/aromatic N) is 4. The van der Waals surface area contributed by atoms with Gasteiger partial charge in [0.1, 0.15) is 23.1 Å². The van der Waals surface area contributed by atoms with Gasteiger partial charge in [-0.05, 0) is 103 Å². The molecule has 8 heteroatoms. The molecule has 346 valence electrons. The first-order valence-electron chi connectivity index (χ1n) is 23.5. The van der Waals surface area contributed by atoms with Gasteiger partial charge in [-0.15, -0.1) is 29.1 Å². The van der Waals surface area contributed by atoms with Crippen molar-refractivity contribution in [1.29, 1.82) is 0 Å². The average molecular weight is 1090 g/mol. The van der Waals surface area contributed by atoms with Crippen molar-refractivity contribution in [3.05, 3.63) is 192 Å². The Morgan fingerprint density at radius 3 is 1.91 bits per heavy atom. The number of aromatic nitrogens is 2. The van der Waals surface area contributed by atoms with Crippen LogP contribution in [0.15, 0.2) is 146 Å². The van der Waals surface area contributed by atoms with Crippen molar-refractivity contribution < 1.29 is 34.6 Å². The third-order valence-electron chi connectivity index (χ3n) is 13.0. The minimum atomic E-state index is -0.641. The Kier molecular flexibility index (Phi) is 12.8. The molecular formula is C61H54F2N4OPt+2. The van der Waals surface area contributed by atoms with E-state index in [2.05, 4.69) is 152 Å². The normalized spacial score (nSPS) is 12.5. The summed E-state index contributed by atoms with van der Waals surface area (Å²) in [5.41, 5.74) is 13.2. The molecule has 0 aliphatic carbocycles. The predicted molar refractivity (Wildman–Crippen MR) is 275 cm³/mol. The van der Waals surface area contributed by atoms with Crippen LogP contribution < -0.4 is 13.9 Å². The second kappa shape index (κ2) is 18.6. The molecule has 9 aromatic rings. The van der Waals surface area contributed by atoms with E-state index in [1.807, 2.05) is 69.9 Å². The van der Waals surface area contributed by atoms with Gasteiger partial charge >= 0.3 is 27.1 Å². The van der Waals surface area contributed by atoms with E-state index in [1.165, 1.54) is 39.9 Å². The molecule has 2 aromatic heterocycles. The van der Waals surface area contributed by atoms with E-state index in [4.69, 9.17) is 9.72 Å². The summed E-state index contributed by atoms with van der Waals surface area (Å²) in [6, 6.07) is 56.0. The number of hydrogen-bond donors (Lipinski definition) is 0. The second-order valence-electron chi connectivity index (χ2n) is 19.8. The molecule has 0 N–H and O–H groups in total. The van der Waals surface area contributed by atoms with Gasteiger partial charge in [-0.25, -0.2) is 13.8 Å². The topological polar surface area (TPSA) is 33.1 Å². The molecule has 0 amide bonds. The van der Waals surface area contributed by atoms with Gasteiger partial charge in [-0.2, -0.15) is 6.07 Å². The van der Waals surface area contributed by atoms with Crippen LogP contribution in [0, 0.1) is 23.8 Å². The third-order valence-corrected chi connectivity index (χ3v) is 13.0. The number of para-hydroxylation sites is 4. The van der Waals surface area contributed by atoms with Crippen molar-refractivity contribution in [2.75, 3.05) is 0 Å². The van der Waals surface area contributed by atoms with Gasteiger partial charge in [0.2, 0.25) is 5.69 Å². The monoisotopic (exact) mass is 1090 g/mol. The van der Waals surface area contributed by atoms with Gasteiger partial charge in [-0.3, -0.25) is 0 Å². The molecule has 7 aromatic carbocycles. The molecule has 3 heterocycles. The zero-order valence-corrected chi connectivity index (χ0v) is 42.6. The molecule has 0 saturated carbocycles. The summed E-state index contributed by atoms with van der Waals surface area (Å²) in [5, 5.41) is 2.14. The first kappa shape index (κ1) is 47.3. The van der Waals surface area contributed by atoms with Crippen molar-refractivity contribution in [3.63, 3.8) is 0 Å². The van der Waals surface area contributed by atoms with E-state index in [1.54, 1.807) is 0 Å². The second-order valence-corrected chi connectivity index (χ2v) is 19.8. The summed E-state index contributed by atoms with van der Waals surface area (Å²) in [7, 11) is 0. The van der Waals surface area contributed by atoms with E-state index in [-0.39, 0.29) is 38.3 Å². The summed E-state index contributed by atoms with van der Waals surface area (Å²) in [4.78, 5) is 4.89. The van der Waals surface area contributed by atoms with E-state index in [0.717, 1.165) is 50.6 Å². The SMILES string of the molecule is CC(C)c1cc(C(C)C)c(-c2cc(Oc3[c-]c4c(cc3)c3ccccc3n4-c3cc(C(C)(C)C)ccn3)[c-]c([N+]3=C=[N+](c4ccccc4-c4cc(F)cc(F)c4)c4ccccc43)c2)c(C(C)C)c1.[Pt+2]. The molecule has 1 aliphatic rings. The Bertz CT molecular complexity index is 3490. The zero-order chi connectivity index (χ0) is 47.6. The number of hydrogen-bond acceptors (Lipinski definition) is 2.